The number of amides is 1. The molecule has 5 rings (SSSR count). The average Bonchev–Trinajstić information content (AvgIpc) is 3.51. The topological polar surface area (TPSA) is 79.7 Å². The fourth-order valence-electron chi connectivity index (χ4n) is 4.34. The maximum absolute atomic E-state index is 13.2. The molecule has 2 unspecified atom stereocenters. The van der Waals surface area contributed by atoms with E-state index in [-0.39, 0.29) is 17.4 Å². The van der Waals surface area contributed by atoms with Gasteiger partial charge in [0.05, 0.1) is 11.6 Å². The molecule has 32 heavy (non-hydrogen) atoms. The van der Waals surface area contributed by atoms with Crippen LogP contribution in [0.25, 0.3) is 5.76 Å². The van der Waals surface area contributed by atoms with Gasteiger partial charge >= 0.3 is 5.91 Å². The number of aromatic nitrogens is 1. The molecule has 0 bridgehead atoms. The van der Waals surface area contributed by atoms with Gasteiger partial charge in [0.15, 0.2) is 5.13 Å². The molecule has 0 radical (unpaired) electrons. The van der Waals surface area contributed by atoms with Crippen LogP contribution in [0.2, 0.25) is 0 Å². The van der Waals surface area contributed by atoms with Crippen LogP contribution in [0.5, 0.6) is 5.75 Å². The first-order valence-electron chi connectivity index (χ1n) is 10.6. The first kappa shape index (κ1) is 20.5. The average molecular weight is 447 g/mol. The van der Waals surface area contributed by atoms with Crippen LogP contribution in [0.15, 0.2) is 59.6 Å². The van der Waals surface area contributed by atoms with Crippen LogP contribution in [0.1, 0.15) is 42.1 Å². The predicted octanol–water partition coefficient (Wildman–Crippen LogP) is 4.66. The molecule has 162 valence electrons. The van der Waals surface area contributed by atoms with E-state index in [0.29, 0.717) is 10.7 Å². The summed E-state index contributed by atoms with van der Waals surface area (Å²) >= 11 is 1.28. The molecule has 1 amide bonds. The Bertz CT molecular complexity index is 1230. The molecule has 3 aromatic rings. The lowest BCUT2D eigenvalue weighted by atomic mass is 9.94. The number of hydrogen-bond donors (Lipinski definition) is 1. The molecule has 1 N–H and O–H groups in total. The Morgan fingerprint density at radius 1 is 1.22 bits per heavy atom. The molecule has 6 nitrogen and oxygen atoms in total. The van der Waals surface area contributed by atoms with Crippen molar-refractivity contribution in [2.45, 2.75) is 38.8 Å². The van der Waals surface area contributed by atoms with Crippen LogP contribution in [-0.4, -0.2) is 27.9 Å². The van der Waals surface area contributed by atoms with E-state index in [1.165, 1.54) is 16.2 Å². The number of carbonyl (C=O) groups excluding carboxylic acids is 2. The highest BCUT2D eigenvalue weighted by atomic mass is 32.1. The molecule has 1 saturated heterocycles. The Balaban J connectivity index is 1.67. The highest BCUT2D eigenvalue weighted by molar-refractivity contribution is 7.14. The Morgan fingerprint density at radius 2 is 2.00 bits per heavy atom. The van der Waals surface area contributed by atoms with Crippen molar-refractivity contribution in [2.75, 3.05) is 4.90 Å². The SMILES string of the molecule is CCc1ccc(C2/C(=C(\O)c3ccc4c(c3)CC(C)O4)C(=O)C(=O)N2c2nccs2)cc1. The number of carbonyl (C=O) groups is 2. The number of aliphatic hydroxyl groups is 1. The molecule has 7 heteroatoms. The first-order valence-corrected chi connectivity index (χ1v) is 11.4. The summed E-state index contributed by atoms with van der Waals surface area (Å²) in [7, 11) is 0. The van der Waals surface area contributed by atoms with E-state index >= 15 is 0 Å². The summed E-state index contributed by atoms with van der Waals surface area (Å²) in [6.07, 6.45) is 3.27. The van der Waals surface area contributed by atoms with Gasteiger partial charge in [-0.05, 0) is 48.2 Å². The normalized spacial score (nSPS) is 21.6. The number of aryl methyl sites for hydroxylation is 1. The molecule has 2 aromatic carbocycles. The second-order valence-electron chi connectivity index (χ2n) is 8.03. The lowest BCUT2D eigenvalue weighted by Crippen LogP contribution is -2.29. The Labute approximate surface area is 189 Å². The largest absolute Gasteiger partial charge is 0.507 e. The fourth-order valence-corrected chi connectivity index (χ4v) is 5.01. The summed E-state index contributed by atoms with van der Waals surface area (Å²) < 4.78 is 5.75. The maximum atomic E-state index is 13.2. The monoisotopic (exact) mass is 446 g/mol. The first-order chi connectivity index (χ1) is 15.5. The molecular weight excluding hydrogens is 424 g/mol. The third-order valence-electron chi connectivity index (χ3n) is 5.94. The van der Waals surface area contributed by atoms with Crippen LogP contribution in [-0.2, 0) is 22.4 Å². The summed E-state index contributed by atoms with van der Waals surface area (Å²) in [6.45, 7) is 4.05. The van der Waals surface area contributed by atoms with Gasteiger partial charge in [0, 0.05) is 23.6 Å². The van der Waals surface area contributed by atoms with Crippen molar-refractivity contribution in [1.82, 2.24) is 4.98 Å². The minimum Gasteiger partial charge on any atom is -0.507 e. The van der Waals surface area contributed by atoms with E-state index in [9.17, 15) is 14.7 Å². The minimum atomic E-state index is -0.754. The van der Waals surface area contributed by atoms with Crippen molar-refractivity contribution in [3.05, 3.63) is 81.9 Å². The molecule has 0 aliphatic carbocycles. The van der Waals surface area contributed by atoms with E-state index in [1.807, 2.05) is 37.3 Å². The molecule has 1 aromatic heterocycles. The van der Waals surface area contributed by atoms with Crippen molar-refractivity contribution in [3.8, 4) is 5.75 Å². The Hall–Kier alpha value is -3.45. The van der Waals surface area contributed by atoms with E-state index in [2.05, 4.69) is 11.9 Å². The zero-order chi connectivity index (χ0) is 22.4. The van der Waals surface area contributed by atoms with E-state index in [1.54, 1.807) is 23.7 Å². The number of benzene rings is 2. The number of rotatable bonds is 4. The fraction of sp³-hybridized carbons (Fsp3) is 0.240. The van der Waals surface area contributed by atoms with Crippen molar-refractivity contribution in [1.29, 1.82) is 0 Å². The third kappa shape index (κ3) is 3.29. The van der Waals surface area contributed by atoms with Gasteiger partial charge in [0.2, 0.25) is 0 Å². The second-order valence-corrected chi connectivity index (χ2v) is 8.91. The molecule has 2 atom stereocenters. The zero-order valence-corrected chi connectivity index (χ0v) is 18.6. The van der Waals surface area contributed by atoms with Crippen LogP contribution in [0.4, 0.5) is 5.13 Å². The number of ether oxygens (including phenoxy) is 1. The van der Waals surface area contributed by atoms with Gasteiger partial charge < -0.3 is 9.84 Å². The molecule has 2 aliphatic heterocycles. The number of ketones is 1. The summed E-state index contributed by atoms with van der Waals surface area (Å²) in [5.74, 6) is -0.810. The van der Waals surface area contributed by atoms with Crippen LogP contribution < -0.4 is 9.64 Å². The lowest BCUT2D eigenvalue weighted by molar-refractivity contribution is -0.132. The lowest BCUT2D eigenvalue weighted by Gasteiger charge is -2.23. The van der Waals surface area contributed by atoms with Crippen molar-refractivity contribution >= 4 is 33.9 Å². The number of aliphatic hydroxyl groups excluding tert-OH is 1. The highest BCUT2D eigenvalue weighted by Gasteiger charge is 2.48. The molecule has 3 heterocycles. The Kier molecular flexibility index (Phi) is 5.06. The predicted molar refractivity (Wildman–Crippen MR) is 123 cm³/mol. The van der Waals surface area contributed by atoms with Gasteiger partial charge in [-0.25, -0.2) is 4.98 Å². The van der Waals surface area contributed by atoms with Gasteiger partial charge in [-0.15, -0.1) is 11.3 Å². The number of thiazole rings is 1. The Morgan fingerprint density at radius 3 is 2.69 bits per heavy atom. The van der Waals surface area contributed by atoms with Crippen LogP contribution in [0, 0.1) is 0 Å². The van der Waals surface area contributed by atoms with Gasteiger partial charge in [-0.2, -0.15) is 0 Å². The summed E-state index contributed by atoms with van der Waals surface area (Å²) in [5, 5.41) is 13.5. The number of nitrogens with zero attached hydrogens (tertiary/aromatic N) is 2. The second kappa shape index (κ2) is 7.91. The molecular formula is C25H22N2O4S. The molecule has 0 spiro atoms. The van der Waals surface area contributed by atoms with E-state index in [0.717, 1.165) is 35.3 Å². The van der Waals surface area contributed by atoms with Crippen LogP contribution >= 0.6 is 11.3 Å². The van der Waals surface area contributed by atoms with Crippen molar-refractivity contribution < 1.29 is 19.4 Å². The minimum absolute atomic E-state index is 0.0648. The third-order valence-corrected chi connectivity index (χ3v) is 6.71. The zero-order valence-electron chi connectivity index (χ0n) is 17.7. The standard InChI is InChI=1S/C25H22N2O4S/c1-3-15-4-6-16(7-5-15)21-20(23(29)24(30)27(21)25-26-10-11-32-25)22(28)17-8-9-19-18(13-17)12-14(2)31-19/h4-11,13-14,21,28H,3,12H2,1-2H3/b22-20+. The van der Waals surface area contributed by atoms with Crippen molar-refractivity contribution in [3.63, 3.8) is 0 Å². The van der Waals surface area contributed by atoms with Gasteiger partial charge in [0.1, 0.15) is 17.6 Å². The van der Waals surface area contributed by atoms with E-state index < -0.39 is 17.7 Å². The van der Waals surface area contributed by atoms with Gasteiger partial charge in [-0.3, -0.25) is 14.5 Å². The van der Waals surface area contributed by atoms with Gasteiger partial charge in [-0.1, -0.05) is 31.2 Å². The number of Topliss-reactive ketones (excluding diaryl/α,β-unsaturated/α-hetero) is 1. The number of anilines is 1. The molecule has 0 saturated carbocycles. The molecule has 2 aliphatic rings. The number of hydrogen-bond acceptors (Lipinski definition) is 6. The summed E-state index contributed by atoms with van der Waals surface area (Å²) in [4.78, 5) is 31.9. The van der Waals surface area contributed by atoms with Crippen molar-refractivity contribution in [2.24, 2.45) is 0 Å². The maximum Gasteiger partial charge on any atom is 0.301 e. The van der Waals surface area contributed by atoms with Gasteiger partial charge in [0.25, 0.3) is 5.78 Å². The summed E-state index contributed by atoms with van der Waals surface area (Å²) in [5.41, 5.74) is 3.43. The smallest absolute Gasteiger partial charge is 0.301 e. The quantitative estimate of drug-likeness (QED) is 0.358. The molecule has 1 fully saturated rings. The highest BCUT2D eigenvalue weighted by Crippen LogP contribution is 2.43. The van der Waals surface area contributed by atoms with Crippen LogP contribution in [0.3, 0.4) is 0 Å². The summed E-state index contributed by atoms with van der Waals surface area (Å²) in [6, 6.07) is 12.4. The van der Waals surface area contributed by atoms with E-state index in [4.69, 9.17) is 4.74 Å². The number of fused-ring (bicyclic) bond motifs is 1.